The van der Waals surface area contributed by atoms with E-state index in [9.17, 15) is 0 Å². The Kier molecular flexibility index (Phi) is 4.43. The summed E-state index contributed by atoms with van der Waals surface area (Å²) in [6.07, 6.45) is 3.60. The van der Waals surface area contributed by atoms with E-state index in [2.05, 4.69) is 11.4 Å². The van der Waals surface area contributed by atoms with Gasteiger partial charge in [-0.25, -0.2) is 0 Å². The lowest BCUT2D eigenvalue weighted by atomic mass is 10.1. The van der Waals surface area contributed by atoms with Gasteiger partial charge in [0.2, 0.25) is 0 Å². The molecule has 0 radical (unpaired) electrons. The summed E-state index contributed by atoms with van der Waals surface area (Å²) in [5.41, 5.74) is 7.68. The number of nitrogens with one attached hydrogen (secondary N) is 1. The van der Waals surface area contributed by atoms with Gasteiger partial charge < -0.3 is 15.8 Å². The lowest BCUT2D eigenvalue weighted by Gasteiger charge is -2.09. The van der Waals surface area contributed by atoms with E-state index in [1.54, 1.807) is 12.1 Å². The lowest BCUT2D eigenvalue weighted by Crippen LogP contribution is -2.08. The highest BCUT2D eigenvalue weighted by molar-refractivity contribution is 5.62. The Balaban J connectivity index is 1.67. The van der Waals surface area contributed by atoms with Gasteiger partial charge in [0, 0.05) is 25.4 Å². The van der Waals surface area contributed by atoms with Gasteiger partial charge in [-0.15, -0.1) is 0 Å². The summed E-state index contributed by atoms with van der Waals surface area (Å²) in [7, 11) is 0. The van der Waals surface area contributed by atoms with Gasteiger partial charge in [0.05, 0.1) is 11.3 Å². The molecule has 1 aromatic rings. The highest BCUT2D eigenvalue weighted by atomic mass is 16.5. The third-order valence-electron chi connectivity index (χ3n) is 3.00. The maximum atomic E-state index is 8.98. The van der Waals surface area contributed by atoms with Crippen molar-refractivity contribution < 1.29 is 4.74 Å². The van der Waals surface area contributed by atoms with Crippen LogP contribution in [0.4, 0.5) is 11.4 Å². The van der Waals surface area contributed by atoms with Crippen LogP contribution in [0.25, 0.3) is 0 Å². The summed E-state index contributed by atoms with van der Waals surface area (Å²) in [5, 5.41) is 12.2. The molecule has 0 amide bonds. The number of rotatable bonds is 7. The van der Waals surface area contributed by atoms with Crippen molar-refractivity contribution in [3.05, 3.63) is 23.8 Å². The van der Waals surface area contributed by atoms with Crippen molar-refractivity contribution in [1.29, 1.82) is 5.26 Å². The summed E-state index contributed by atoms with van der Waals surface area (Å²) in [6.45, 7) is 2.49. The Bertz CT molecular complexity index is 435. The van der Waals surface area contributed by atoms with Crippen LogP contribution in [0.1, 0.15) is 24.8 Å². The monoisotopic (exact) mass is 245 g/mol. The second-order valence-corrected chi connectivity index (χ2v) is 4.72. The summed E-state index contributed by atoms with van der Waals surface area (Å²) < 4.78 is 5.55. The van der Waals surface area contributed by atoms with Crippen LogP contribution >= 0.6 is 0 Å². The van der Waals surface area contributed by atoms with E-state index in [1.165, 1.54) is 12.8 Å². The molecule has 0 spiro atoms. The zero-order valence-electron chi connectivity index (χ0n) is 10.5. The zero-order chi connectivity index (χ0) is 12.8. The molecule has 1 saturated carbocycles. The SMILES string of the molecule is N#Cc1cc(N)ccc1NCCCOCC1CC1. The maximum Gasteiger partial charge on any atom is 0.101 e. The van der Waals surface area contributed by atoms with Crippen LogP contribution in [0.3, 0.4) is 0 Å². The summed E-state index contributed by atoms with van der Waals surface area (Å²) in [4.78, 5) is 0. The van der Waals surface area contributed by atoms with E-state index in [0.29, 0.717) is 11.3 Å². The minimum atomic E-state index is 0.592. The van der Waals surface area contributed by atoms with Crippen molar-refractivity contribution in [2.24, 2.45) is 5.92 Å². The smallest absolute Gasteiger partial charge is 0.101 e. The molecule has 4 heteroatoms. The first-order valence-electron chi connectivity index (χ1n) is 6.41. The molecule has 1 aliphatic carbocycles. The second-order valence-electron chi connectivity index (χ2n) is 4.72. The van der Waals surface area contributed by atoms with Crippen molar-refractivity contribution in [3.8, 4) is 6.07 Å². The third kappa shape index (κ3) is 3.94. The number of ether oxygens (including phenoxy) is 1. The number of hydrogen-bond donors (Lipinski definition) is 2. The minimum Gasteiger partial charge on any atom is -0.399 e. The molecule has 0 bridgehead atoms. The number of nitrogen functional groups attached to an aromatic ring is 1. The average Bonchev–Trinajstić information content (AvgIpc) is 3.19. The van der Waals surface area contributed by atoms with Gasteiger partial charge in [-0.05, 0) is 43.4 Å². The average molecular weight is 245 g/mol. The number of anilines is 2. The first-order chi connectivity index (χ1) is 8.79. The van der Waals surface area contributed by atoms with E-state index in [-0.39, 0.29) is 0 Å². The minimum absolute atomic E-state index is 0.592. The fraction of sp³-hybridized carbons (Fsp3) is 0.500. The van der Waals surface area contributed by atoms with Crippen LogP contribution in [-0.2, 0) is 4.74 Å². The molecule has 1 aromatic carbocycles. The quantitative estimate of drug-likeness (QED) is 0.571. The second kappa shape index (κ2) is 6.27. The van der Waals surface area contributed by atoms with Gasteiger partial charge in [0.15, 0.2) is 0 Å². The Hall–Kier alpha value is -1.73. The number of benzene rings is 1. The van der Waals surface area contributed by atoms with Gasteiger partial charge in [-0.2, -0.15) is 5.26 Å². The number of nitrogens with two attached hydrogens (primary N) is 1. The topological polar surface area (TPSA) is 71.1 Å². The van der Waals surface area contributed by atoms with Crippen LogP contribution in [0, 0.1) is 17.2 Å². The third-order valence-corrected chi connectivity index (χ3v) is 3.00. The van der Waals surface area contributed by atoms with E-state index in [4.69, 9.17) is 15.7 Å². The summed E-state index contributed by atoms with van der Waals surface area (Å²) >= 11 is 0. The molecule has 0 unspecified atom stereocenters. The van der Waals surface area contributed by atoms with Crippen molar-refractivity contribution in [2.75, 3.05) is 30.8 Å². The Morgan fingerprint density at radius 3 is 3.00 bits per heavy atom. The molecular formula is C14H19N3O. The molecule has 0 heterocycles. The van der Waals surface area contributed by atoms with E-state index < -0.39 is 0 Å². The largest absolute Gasteiger partial charge is 0.399 e. The van der Waals surface area contributed by atoms with Gasteiger partial charge in [-0.1, -0.05) is 0 Å². The van der Waals surface area contributed by atoms with Crippen LogP contribution in [0.2, 0.25) is 0 Å². The molecule has 0 aliphatic heterocycles. The fourth-order valence-corrected chi connectivity index (χ4v) is 1.74. The van der Waals surface area contributed by atoms with E-state index >= 15 is 0 Å². The molecule has 0 aromatic heterocycles. The Morgan fingerprint density at radius 1 is 1.44 bits per heavy atom. The van der Waals surface area contributed by atoms with E-state index in [1.807, 2.05) is 6.07 Å². The molecular weight excluding hydrogens is 226 g/mol. The summed E-state index contributed by atoms with van der Waals surface area (Å²) in [5.74, 6) is 0.820. The number of nitriles is 1. The highest BCUT2D eigenvalue weighted by Crippen LogP contribution is 2.28. The van der Waals surface area contributed by atoms with Crippen molar-refractivity contribution in [1.82, 2.24) is 0 Å². The van der Waals surface area contributed by atoms with Crippen molar-refractivity contribution >= 4 is 11.4 Å². The van der Waals surface area contributed by atoms with Crippen LogP contribution in [-0.4, -0.2) is 19.8 Å². The Morgan fingerprint density at radius 2 is 2.28 bits per heavy atom. The molecule has 2 rings (SSSR count). The predicted molar refractivity (Wildman–Crippen MR) is 72.2 cm³/mol. The van der Waals surface area contributed by atoms with Crippen molar-refractivity contribution in [3.63, 3.8) is 0 Å². The number of hydrogen-bond acceptors (Lipinski definition) is 4. The van der Waals surface area contributed by atoms with Crippen LogP contribution in [0.15, 0.2) is 18.2 Å². The van der Waals surface area contributed by atoms with Crippen molar-refractivity contribution in [2.45, 2.75) is 19.3 Å². The lowest BCUT2D eigenvalue weighted by molar-refractivity contribution is 0.124. The first kappa shape index (κ1) is 12.7. The van der Waals surface area contributed by atoms with Gasteiger partial charge in [0.1, 0.15) is 6.07 Å². The molecule has 3 N–H and O–H groups in total. The van der Waals surface area contributed by atoms with Gasteiger partial charge >= 0.3 is 0 Å². The standard InChI is InChI=1S/C14H19N3O/c15-9-12-8-13(16)4-5-14(12)17-6-1-7-18-10-11-2-3-11/h4-5,8,11,17H,1-3,6-7,10,16H2. The molecule has 18 heavy (non-hydrogen) atoms. The zero-order valence-corrected chi connectivity index (χ0v) is 10.5. The molecule has 96 valence electrons. The Labute approximate surface area is 108 Å². The fourth-order valence-electron chi connectivity index (χ4n) is 1.74. The first-order valence-corrected chi connectivity index (χ1v) is 6.41. The molecule has 1 aliphatic rings. The van der Waals surface area contributed by atoms with Gasteiger partial charge in [-0.3, -0.25) is 0 Å². The predicted octanol–water partition coefficient (Wildman–Crippen LogP) is 2.37. The van der Waals surface area contributed by atoms with Crippen LogP contribution < -0.4 is 11.1 Å². The molecule has 0 saturated heterocycles. The highest BCUT2D eigenvalue weighted by Gasteiger charge is 2.20. The van der Waals surface area contributed by atoms with E-state index in [0.717, 1.165) is 37.8 Å². The van der Waals surface area contributed by atoms with Gasteiger partial charge in [0.25, 0.3) is 0 Å². The summed E-state index contributed by atoms with van der Waals surface area (Å²) in [6, 6.07) is 7.47. The molecule has 0 atom stereocenters. The molecule has 4 nitrogen and oxygen atoms in total. The van der Waals surface area contributed by atoms with Crippen LogP contribution in [0.5, 0.6) is 0 Å². The molecule has 1 fully saturated rings. The maximum absolute atomic E-state index is 8.98. The number of nitrogens with zero attached hydrogens (tertiary/aromatic N) is 1. The normalized spacial score (nSPS) is 14.2.